The average molecular weight is 246 g/mol. The molecule has 0 fully saturated rings. The first-order chi connectivity index (χ1) is 8.01. The highest BCUT2D eigenvalue weighted by atomic mass is 16.5. The Balaban J connectivity index is 0. The van der Waals surface area contributed by atoms with Gasteiger partial charge >= 0.3 is 11.9 Å². The van der Waals surface area contributed by atoms with Crippen molar-refractivity contribution < 1.29 is 19.1 Å². The molecule has 0 aliphatic rings. The lowest BCUT2D eigenvalue weighted by Crippen LogP contribution is -2.14. The number of carbonyl (C=O) groups is 2. The summed E-state index contributed by atoms with van der Waals surface area (Å²) in [5, 5.41) is 0. The van der Waals surface area contributed by atoms with Crippen molar-refractivity contribution in [3.8, 4) is 0 Å². The van der Waals surface area contributed by atoms with Gasteiger partial charge in [-0.05, 0) is 12.8 Å². The molecule has 0 aromatic heterocycles. The van der Waals surface area contributed by atoms with E-state index in [9.17, 15) is 9.59 Å². The van der Waals surface area contributed by atoms with Crippen LogP contribution < -0.4 is 0 Å². The molecular formula is C13H26O4. The Labute approximate surface area is 105 Å². The van der Waals surface area contributed by atoms with Crippen molar-refractivity contribution >= 4 is 11.9 Å². The first kappa shape index (κ1) is 18.3. The summed E-state index contributed by atoms with van der Waals surface area (Å²) in [7, 11) is 1.38. The lowest BCUT2D eigenvalue weighted by atomic mass is 10.1. The molecule has 4 nitrogen and oxygen atoms in total. The second kappa shape index (κ2) is 13.0. The van der Waals surface area contributed by atoms with Gasteiger partial charge in [0.15, 0.2) is 0 Å². The standard InChI is InChI=1S/C9H18O2.C4H8O2/c1-4-6-7-9(5-2)11-8(3)10;1-3-4(5)6-2/h9H,4-7H2,1-3H3;3H2,1-2H3. The first-order valence-corrected chi connectivity index (χ1v) is 6.25. The van der Waals surface area contributed by atoms with Gasteiger partial charge in [0.05, 0.1) is 7.11 Å². The summed E-state index contributed by atoms with van der Waals surface area (Å²) < 4.78 is 9.32. The fraction of sp³-hybridized carbons (Fsp3) is 0.846. The van der Waals surface area contributed by atoms with Crippen molar-refractivity contribution in [3.05, 3.63) is 0 Å². The Morgan fingerprint density at radius 1 is 1.18 bits per heavy atom. The van der Waals surface area contributed by atoms with Gasteiger partial charge < -0.3 is 9.47 Å². The molecule has 0 aliphatic carbocycles. The highest BCUT2D eigenvalue weighted by Crippen LogP contribution is 2.08. The number of methoxy groups -OCH3 is 1. The molecule has 4 heteroatoms. The Morgan fingerprint density at radius 2 is 1.76 bits per heavy atom. The van der Waals surface area contributed by atoms with E-state index in [4.69, 9.17) is 4.74 Å². The van der Waals surface area contributed by atoms with Crippen molar-refractivity contribution in [3.63, 3.8) is 0 Å². The molecule has 0 saturated carbocycles. The summed E-state index contributed by atoms with van der Waals surface area (Å²) in [6.07, 6.45) is 4.86. The predicted molar refractivity (Wildman–Crippen MR) is 67.7 cm³/mol. The maximum Gasteiger partial charge on any atom is 0.305 e. The molecule has 0 heterocycles. The third-order valence-corrected chi connectivity index (χ3v) is 2.18. The van der Waals surface area contributed by atoms with Gasteiger partial charge in [-0.25, -0.2) is 0 Å². The van der Waals surface area contributed by atoms with Crippen LogP contribution in [0.2, 0.25) is 0 Å². The fourth-order valence-electron chi connectivity index (χ4n) is 1.16. The van der Waals surface area contributed by atoms with Crippen LogP contribution in [-0.2, 0) is 19.1 Å². The number of carbonyl (C=O) groups excluding carboxylic acids is 2. The lowest BCUT2D eigenvalue weighted by Gasteiger charge is -2.13. The summed E-state index contributed by atoms with van der Waals surface area (Å²) in [6, 6.07) is 0. The van der Waals surface area contributed by atoms with Crippen molar-refractivity contribution in [1.29, 1.82) is 0 Å². The molecule has 0 saturated heterocycles. The summed E-state index contributed by atoms with van der Waals surface area (Å²) in [5.74, 6) is -0.317. The molecule has 0 rings (SSSR count). The third kappa shape index (κ3) is 14.9. The molecule has 17 heavy (non-hydrogen) atoms. The van der Waals surface area contributed by atoms with Crippen molar-refractivity contribution in [2.45, 2.75) is 65.9 Å². The molecule has 1 atom stereocenters. The second-order valence-electron chi connectivity index (χ2n) is 3.71. The highest BCUT2D eigenvalue weighted by molar-refractivity contribution is 5.68. The molecule has 0 aliphatic heterocycles. The van der Waals surface area contributed by atoms with Crippen molar-refractivity contribution in [2.24, 2.45) is 0 Å². The molecule has 0 amide bonds. The van der Waals surface area contributed by atoms with Crippen LogP contribution >= 0.6 is 0 Å². The zero-order valence-electron chi connectivity index (χ0n) is 11.7. The van der Waals surface area contributed by atoms with Gasteiger partial charge in [0.25, 0.3) is 0 Å². The summed E-state index contributed by atoms with van der Waals surface area (Å²) >= 11 is 0. The largest absolute Gasteiger partial charge is 0.469 e. The number of unbranched alkanes of at least 4 members (excludes halogenated alkanes) is 1. The minimum absolute atomic E-state index is 0.146. The van der Waals surface area contributed by atoms with Gasteiger partial charge in [0.2, 0.25) is 0 Å². The predicted octanol–water partition coefficient (Wildman–Crippen LogP) is 3.09. The Bertz CT molecular complexity index is 196. The van der Waals surface area contributed by atoms with Crippen LogP contribution in [0, 0.1) is 0 Å². The lowest BCUT2D eigenvalue weighted by molar-refractivity contribution is -0.146. The van der Waals surface area contributed by atoms with Crippen LogP contribution in [-0.4, -0.2) is 25.2 Å². The number of esters is 2. The Morgan fingerprint density at radius 3 is 2.00 bits per heavy atom. The molecule has 0 aromatic carbocycles. The van der Waals surface area contributed by atoms with Gasteiger partial charge in [0.1, 0.15) is 6.10 Å². The number of rotatable bonds is 6. The summed E-state index contributed by atoms with van der Waals surface area (Å²) in [6.45, 7) is 7.41. The van der Waals surface area contributed by atoms with Crippen LogP contribution in [0.1, 0.15) is 59.8 Å². The molecule has 1 unspecified atom stereocenters. The average Bonchev–Trinajstić information content (AvgIpc) is 2.33. The van der Waals surface area contributed by atoms with E-state index < -0.39 is 0 Å². The van der Waals surface area contributed by atoms with E-state index in [-0.39, 0.29) is 18.0 Å². The maximum atomic E-state index is 10.6. The molecule has 0 aromatic rings. The zero-order valence-corrected chi connectivity index (χ0v) is 11.7. The number of hydrogen-bond donors (Lipinski definition) is 0. The topological polar surface area (TPSA) is 52.6 Å². The van der Waals surface area contributed by atoms with E-state index in [0.29, 0.717) is 6.42 Å². The van der Waals surface area contributed by atoms with E-state index in [1.165, 1.54) is 14.0 Å². The minimum Gasteiger partial charge on any atom is -0.469 e. The van der Waals surface area contributed by atoms with Gasteiger partial charge in [-0.2, -0.15) is 0 Å². The number of hydrogen-bond acceptors (Lipinski definition) is 4. The van der Waals surface area contributed by atoms with Gasteiger partial charge in [-0.1, -0.05) is 33.6 Å². The Kier molecular flexibility index (Phi) is 14.0. The molecule has 0 radical (unpaired) electrons. The molecule has 0 bridgehead atoms. The van der Waals surface area contributed by atoms with Crippen molar-refractivity contribution in [1.82, 2.24) is 0 Å². The maximum absolute atomic E-state index is 10.6. The van der Waals surface area contributed by atoms with Crippen LogP contribution in [0.4, 0.5) is 0 Å². The third-order valence-electron chi connectivity index (χ3n) is 2.18. The summed E-state index contributed by atoms with van der Waals surface area (Å²) in [5.41, 5.74) is 0. The minimum atomic E-state index is -0.159. The SMILES string of the molecule is CCC(=O)OC.CCCCC(CC)OC(C)=O. The van der Waals surface area contributed by atoms with Gasteiger partial charge in [-0.3, -0.25) is 9.59 Å². The molecule has 0 spiro atoms. The second-order valence-corrected chi connectivity index (χ2v) is 3.71. The highest BCUT2D eigenvalue weighted by Gasteiger charge is 2.07. The summed E-state index contributed by atoms with van der Waals surface area (Å²) in [4.78, 5) is 20.5. The van der Waals surface area contributed by atoms with Crippen LogP contribution in [0.15, 0.2) is 0 Å². The van der Waals surface area contributed by atoms with Crippen LogP contribution in [0.5, 0.6) is 0 Å². The van der Waals surface area contributed by atoms with E-state index in [2.05, 4.69) is 11.7 Å². The zero-order chi connectivity index (χ0) is 13.7. The van der Waals surface area contributed by atoms with Crippen LogP contribution in [0.25, 0.3) is 0 Å². The van der Waals surface area contributed by atoms with Crippen LogP contribution in [0.3, 0.4) is 0 Å². The van der Waals surface area contributed by atoms with Crippen molar-refractivity contribution in [2.75, 3.05) is 7.11 Å². The molecule has 102 valence electrons. The van der Waals surface area contributed by atoms with E-state index >= 15 is 0 Å². The molecule has 0 N–H and O–H groups in total. The molecular weight excluding hydrogens is 220 g/mol. The van der Waals surface area contributed by atoms with Gasteiger partial charge in [-0.15, -0.1) is 0 Å². The quantitative estimate of drug-likeness (QED) is 0.676. The van der Waals surface area contributed by atoms with E-state index in [1.807, 2.05) is 6.92 Å². The number of ether oxygens (including phenoxy) is 2. The normalized spacial score (nSPS) is 10.9. The fourth-order valence-corrected chi connectivity index (χ4v) is 1.16. The van der Waals surface area contributed by atoms with Gasteiger partial charge in [0, 0.05) is 13.3 Å². The van der Waals surface area contributed by atoms with E-state index in [1.54, 1.807) is 6.92 Å². The smallest absolute Gasteiger partial charge is 0.305 e. The Hall–Kier alpha value is -1.06. The van der Waals surface area contributed by atoms with E-state index in [0.717, 1.165) is 25.7 Å². The monoisotopic (exact) mass is 246 g/mol. The first-order valence-electron chi connectivity index (χ1n) is 6.25.